The summed E-state index contributed by atoms with van der Waals surface area (Å²) in [5.41, 5.74) is 4.97. The van der Waals surface area contributed by atoms with Gasteiger partial charge in [0.05, 0.1) is 17.7 Å². The summed E-state index contributed by atoms with van der Waals surface area (Å²) in [7, 11) is -4.04. The second-order valence-electron chi connectivity index (χ2n) is 3.89. The molecule has 0 aliphatic carbocycles. The van der Waals surface area contributed by atoms with Gasteiger partial charge in [0.15, 0.2) is 4.90 Å². The van der Waals surface area contributed by atoms with Gasteiger partial charge in [0.25, 0.3) is 5.69 Å². The molecule has 0 atom stereocenters. The summed E-state index contributed by atoms with van der Waals surface area (Å²) in [5.74, 6) is 0.395. The molecule has 1 heterocycles. The average Bonchev–Trinajstić information content (AvgIpc) is 2.89. The van der Waals surface area contributed by atoms with Crippen molar-refractivity contribution < 1.29 is 17.8 Å². The Balaban J connectivity index is 2.31. The molecule has 0 aliphatic rings. The van der Waals surface area contributed by atoms with E-state index in [9.17, 15) is 18.5 Å². The van der Waals surface area contributed by atoms with Gasteiger partial charge in [-0.25, -0.2) is 13.1 Å². The van der Waals surface area contributed by atoms with Crippen LogP contribution in [0.25, 0.3) is 0 Å². The van der Waals surface area contributed by atoms with Crippen LogP contribution in [-0.4, -0.2) is 13.3 Å². The number of sulfonamides is 1. The molecule has 0 bridgehead atoms. The van der Waals surface area contributed by atoms with Gasteiger partial charge in [-0.05, 0) is 24.3 Å². The highest BCUT2D eigenvalue weighted by Crippen LogP contribution is 2.25. The Morgan fingerprint density at radius 2 is 2.10 bits per heavy atom. The zero-order chi connectivity index (χ0) is 14.8. The molecular formula is C11H11N3O5S. The number of hydrogen-bond acceptors (Lipinski definition) is 6. The first kappa shape index (κ1) is 14.0. The van der Waals surface area contributed by atoms with E-state index in [-0.39, 0.29) is 12.2 Å². The molecule has 0 aliphatic heterocycles. The van der Waals surface area contributed by atoms with Crippen LogP contribution in [0.1, 0.15) is 5.76 Å². The molecule has 8 nitrogen and oxygen atoms in total. The lowest BCUT2D eigenvalue weighted by atomic mass is 10.3. The van der Waals surface area contributed by atoms with Crippen LogP contribution >= 0.6 is 0 Å². The van der Waals surface area contributed by atoms with E-state index in [0.29, 0.717) is 5.76 Å². The van der Waals surface area contributed by atoms with Crippen LogP contribution in [0, 0.1) is 10.1 Å². The van der Waals surface area contributed by atoms with Crippen molar-refractivity contribution in [2.75, 3.05) is 5.73 Å². The van der Waals surface area contributed by atoms with Crippen LogP contribution in [0.15, 0.2) is 45.9 Å². The largest absolute Gasteiger partial charge is 0.468 e. The van der Waals surface area contributed by atoms with Gasteiger partial charge in [0, 0.05) is 11.8 Å². The van der Waals surface area contributed by atoms with Crippen molar-refractivity contribution in [3.05, 3.63) is 52.5 Å². The van der Waals surface area contributed by atoms with Crippen LogP contribution in [0.3, 0.4) is 0 Å². The molecule has 20 heavy (non-hydrogen) atoms. The van der Waals surface area contributed by atoms with Gasteiger partial charge in [-0.15, -0.1) is 0 Å². The Hall–Kier alpha value is -2.39. The summed E-state index contributed by atoms with van der Waals surface area (Å²) in [6.45, 7) is -0.100. The first-order valence-corrected chi connectivity index (χ1v) is 6.94. The highest BCUT2D eigenvalue weighted by Gasteiger charge is 2.25. The van der Waals surface area contributed by atoms with Crippen LogP contribution in [0.4, 0.5) is 11.4 Å². The Labute approximate surface area is 114 Å². The molecule has 0 spiro atoms. The maximum atomic E-state index is 12.1. The van der Waals surface area contributed by atoms with Crippen LogP contribution in [0.5, 0.6) is 0 Å². The molecule has 2 rings (SSSR count). The maximum Gasteiger partial charge on any atom is 0.291 e. The van der Waals surface area contributed by atoms with E-state index < -0.39 is 25.5 Å². The molecule has 0 radical (unpaired) electrons. The summed E-state index contributed by atoms with van der Waals surface area (Å²) >= 11 is 0. The summed E-state index contributed by atoms with van der Waals surface area (Å²) in [6.07, 6.45) is 1.40. The van der Waals surface area contributed by atoms with E-state index >= 15 is 0 Å². The second-order valence-corrected chi connectivity index (χ2v) is 5.62. The minimum Gasteiger partial charge on any atom is -0.468 e. The molecule has 0 amide bonds. The lowest BCUT2D eigenvalue weighted by Gasteiger charge is -2.06. The quantitative estimate of drug-likeness (QED) is 0.485. The first-order chi connectivity index (χ1) is 9.40. The Morgan fingerprint density at radius 1 is 1.35 bits per heavy atom. The number of nitrogens with two attached hydrogens (primary N) is 1. The normalized spacial score (nSPS) is 11.4. The van der Waals surface area contributed by atoms with E-state index in [1.54, 1.807) is 12.1 Å². The van der Waals surface area contributed by atoms with Crippen molar-refractivity contribution in [1.29, 1.82) is 0 Å². The van der Waals surface area contributed by atoms with Gasteiger partial charge >= 0.3 is 0 Å². The number of hydrogen-bond donors (Lipinski definition) is 2. The lowest BCUT2D eigenvalue weighted by Crippen LogP contribution is -2.23. The third-order valence-electron chi connectivity index (χ3n) is 2.49. The standard InChI is InChI=1S/C11H11N3O5S/c12-8-3-4-11(10(6-8)14(15)16)20(17,18)13-7-9-2-1-5-19-9/h1-6,13H,7,12H2. The van der Waals surface area contributed by atoms with Gasteiger partial charge in [-0.2, -0.15) is 0 Å². The van der Waals surface area contributed by atoms with E-state index in [1.165, 1.54) is 12.3 Å². The van der Waals surface area contributed by atoms with Gasteiger partial charge in [-0.3, -0.25) is 10.1 Å². The molecule has 1 aromatic heterocycles. The molecule has 106 valence electrons. The fraction of sp³-hybridized carbons (Fsp3) is 0.0909. The Kier molecular flexibility index (Phi) is 3.72. The number of furan rings is 1. The predicted octanol–water partition coefficient (Wildman–Crippen LogP) is 1.25. The van der Waals surface area contributed by atoms with Crippen LogP contribution < -0.4 is 10.5 Å². The monoisotopic (exact) mass is 297 g/mol. The summed E-state index contributed by atoms with van der Waals surface area (Å²) in [5, 5.41) is 10.9. The van der Waals surface area contributed by atoms with Gasteiger partial charge < -0.3 is 10.2 Å². The highest BCUT2D eigenvalue weighted by molar-refractivity contribution is 7.89. The minimum absolute atomic E-state index is 0.100. The molecule has 0 unspecified atom stereocenters. The molecular weight excluding hydrogens is 286 g/mol. The third kappa shape index (κ3) is 2.95. The second kappa shape index (κ2) is 5.31. The number of nitrogen functional groups attached to an aromatic ring is 1. The fourth-order valence-electron chi connectivity index (χ4n) is 1.56. The smallest absolute Gasteiger partial charge is 0.291 e. The number of nitro groups is 1. The third-order valence-corrected chi connectivity index (χ3v) is 3.93. The number of nitrogens with one attached hydrogen (secondary N) is 1. The fourth-order valence-corrected chi connectivity index (χ4v) is 2.71. The highest BCUT2D eigenvalue weighted by atomic mass is 32.2. The molecule has 0 saturated heterocycles. The first-order valence-electron chi connectivity index (χ1n) is 5.46. The topological polar surface area (TPSA) is 128 Å². The number of nitro benzene ring substituents is 1. The van der Waals surface area contributed by atoms with Crippen molar-refractivity contribution in [3.63, 3.8) is 0 Å². The zero-order valence-electron chi connectivity index (χ0n) is 10.1. The van der Waals surface area contributed by atoms with E-state index in [4.69, 9.17) is 10.2 Å². The molecule has 1 aromatic carbocycles. The van der Waals surface area contributed by atoms with Crippen molar-refractivity contribution in [3.8, 4) is 0 Å². The summed E-state index contributed by atoms with van der Waals surface area (Å²) in [6, 6.07) is 6.57. The van der Waals surface area contributed by atoms with Crippen LogP contribution in [-0.2, 0) is 16.6 Å². The Morgan fingerprint density at radius 3 is 2.70 bits per heavy atom. The molecule has 0 fully saturated rings. The predicted molar refractivity (Wildman–Crippen MR) is 70.2 cm³/mol. The van der Waals surface area contributed by atoms with E-state index in [1.807, 2.05) is 0 Å². The number of anilines is 1. The number of benzene rings is 1. The van der Waals surface area contributed by atoms with Crippen LogP contribution in [0.2, 0.25) is 0 Å². The zero-order valence-corrected chi connectivity index (χ0v) is 11.0. The van der Waals surface area contributed by atoms with Crippen molar-refractivity contribution in [2.24, 2.45) is 0 Å². The summed E-state index contributed by atoms with van der Waals surface area (Å²) < 4.78 is 31.3. The van der Waals surface area contributed by atoms with E-state index in [0.717, 1.165) is 12.1 Å². The average molecular weight is 297 g/mol. The van der Waals surface area contributed by atoms with E-state index in [2.05, 4.69) is 4.72 Å². The molecule has 9 heteroatoms. The van der Waals surface area contributed by atoms with Gasteiger partial charge in [0.1, 0.15) is 5.76 Å². The van der Waals surface area contributed by atoms with Crippen molar-refractivity contribution in [1.82, 2.24) is 4.72 Å². The van der Waals surface area contributed by atoms with Gasteiger partial charge in [-0.1, -0.05) is 0 Å². The maximum absolute atomic E-state index is 12.1. The van der Waals surface area contributed by atoms with Crippen molar-refractivity contribution >= 4 is 21.4 Å². The number of rotatable bonds is 5. The Bertz CT molecular complexity index is 725. The molecule has 0 saturated carbocycles. The minimum atomic E-state index is -4.04. The lowest BCUT2D eigenvalue weighted by molar-refractivity contribution is -0.387. The van der Waals surface area contributed by atoms with Gasteiger partial charge in [0.2, 0.25) is 10.0 Å². The van der Waals surface area contributed by atoms with Crippen molar-refractivity contribution in [2.45, 2.75) is 11.4 Å². The molecule has 2 aromatic rings. The SMILES string of the molecule is Nc1ccc(S(=O)(=O)NCc2ccco2)c([N+](=O)[O-])c1. The number of nitrogens with zero attached hydrogens (tertiary/aromatic N) is 1. The summed E-state index contributed by atoms with van der Waals surface area (Å²) in [4.78, 5) is 9.66. The molecule has 3 N–H and O–H groups in total.